The quantitative estimate of drug-likeness (QED) is 0.725. The molecule has 2 heteroatoms. The summed E-state index contributed by atoms with van der Waals surface area (Å²) in [5.41, 5.74) is 2.14. The normalized spacial score (nSPS) is 13.4. The molecule has 1 atom stereocenters. The number of para-hydroxylation sites is 1. The van der Waals surface area contributed by atoms with Gasteiger partial charge in [0, 0.05) is 23.5 Å². The van der Waals surface area contributed by atoms with Gasteiger partial charge in [-0.05, 0) is 18.6 Å². The third kappa shape index (κ3) is 1.57. The SMILES string of the molecule is CC(F)Cc1c[nH]c2ccccc12. The molecule has 1 unspecified atom stereocenters. The summed E-state index contributed by atoms with van der Waals surface area (Å²) >= 11 is 0. The van der Waals surface area contributed by atoms with Gasteiger partial charge in [0.1, 0.15) is 6.17 Å². The highest BCUT2D eigenvalue weighted by Crippen LogP contribution is 2.19. The number of benzene rings is 1. The number of alkyl halides is 1. The van der Waals surface area contributed by atoms with Gasteiger partial charge in [-0.3, -0.25) is 0 Å². The van der Waals surface area contributed by atoms with Crippen LogP contribution in [-0.4, -0.2) is 11.2 Å². The van der Waals surface area contributed by atoms with E-state index in [-0.39, 0.29) is 0 Å². The van der Waals surface area contributed by atoms with Gasteiger partial charge in [0.15, 0.2) is 0 Å². The minimum Gasteiger partial charge on any atom is -0.361 e. The highest BCUT2D eigenvalue weighted by Gasteiger charge is 2.05. The van der Waals surface area contributed by atoms with Crippen LogP contribution in [0.15, 0.2) is 30.5 Å². The van der Waals surface area contributed by atoms with E-state index in [0.717, 1.165) is 16.5 Å². The molecule has 2 aromatic rings. The van der Waals surface area contributed by atoms with E-state index in [2.05, 4.69) is 4.98 Å². The number of rotatable bonds is 2. The molecule has 0 radical (unpaired) electrons. The lowest BCUT2D eigenvalue weighted by atomic mass is 10.1. The Morgan fingerprint density at radius 2 is 2.15 bits per heavy atom. The molecule has 1 N–H and O–H groups in total. The first-order valence-corrected chi connectivity index (χ1v) is 4.46. The van der Waals surface area contributed by atoms with E-state index in [1.165, 1.54) is 0 Å². The minimum atomic E-state index is -0.779. The van der Waals surface area contributed by atoms with Crippen LogP contribution in [0.2, 0.25) is 0 Å². The molecule has 1 aromatic carbocycles. The maximum absolute atomic E-state index is 12.8. The predicted octanol–water partition coefficient (Wildman–Crippen LogP) is 3.07. The first-order chi connectivity index (χ1) is 6.27. The van der Waals surface area contributed by atoms with Crippen molar-refractivity contribution < 1.29 is 4.39 Å². The van der Waals surface area contributed by atoms with E-state index >= 15 is 0 Å². The summed E-state index contributed by atoms with van der Waals surface area (Å²) < 4.78 is 12.8. The maximum Gasteiger partial charge on any atom is 0.101 e. The lowest BCUT2D eigenvalue weighted by Gasteiger charge is -1.99. The lowest BCUT2D eigenvalue weighted by molar-refractivity contribution is 0.361. The fourth-order valence-corrected chi connectivity index (χ4v) is 1.60. The molecule has 0 amide bonds. The van der Waals surface area contributed by atoms with E-state index in [1.807, 2.05) is 30.5 Å². The van der Waals surface area contributed by atoms with Gasteiger partial charge in [0.05, 0.1) is 0 Å². The number of fused-ring (bicyclic) bond motifs is 1. The molecule has 0 aliphatic heterocycles. The number of nitrogens with one attached hydrogen (secondary N) is 1. The topological polar surface area (TPSA) is 15.8 Å². The van der Waals surface area contributed by atoms with Crippen LogP contribution >= 0.6 is 0 Å². The largest absolute Gasteiger partial charge is 0.361 e. The van der Waals surface area contributed by atoms with Crippen LogP contribution in [0.4, 0.5) is 4.39 Å². The standard InChI is InChI=1S/C11H12FN/c1-8(12)6-9-7-13-11-5-3-2-4-10(9)11/h2-5,7-8,13H,6H2,1H3. The van der Waals surface area contributed by atoms with Gasteiger partial charge in [-0.15, -0.1) is 0 Å². The molecule has 13 heavy (non-hydrogen) atoms. The number of halogens is 1. The van der Waals surface area contributed by atoms with E-state index in [1.54, 1.807) is 6.92 Å². The van der Waals surface area contributed by atoms with Crippen LogP contribution in [-0.2, 0) is 6.42 Å². The monoisotopic (exact) mass is 177 g/mol. The Morgan fingerprint density at radius 1 is 1.38 bits per heavy atom. The van der Waals surface area contributed by atoms with Gasteiger partial charge in [0.25, 0.3) is 0 Å². The van der Waals surface area contributed by atoms with Gasteiger partial charge in [-0.2, -0.15) is 0 Å². The van der Waals surface area contributed by atoms with Gasteiger partial charge < -0.3 is 4.98 Å². The van der Waals surface area contributed by atoms with Gasteiger partial charge in [-0.25, -0.2) is 4.39 Å². The Kier molecular flexibility index (Phi) is 2.05. The molecule has 1 heterocycles. The van der Waals surface area contributed by atoms with Gasteiger partial charge >= 0.3 is 0 Å². The van der Waals surface area contributed by atoms with E-state index in [4.69, 9.17) is 0 Å². The van der Waals surface area contributed by atoms with Crippen molar-refractivity contribution in [3.8, 4) is 0 Å². The van der Waals surface area contributed by atoms with Crippen molar-refractivity contribution in [2.45, 2.75) is 19.5 Å². The maximum atomic E-state index is 12.8. The van der Waals surface area contributed by atoms with Crippen LogP contribution in [0.5, 0.6) is 0 Å². The Balaban J connectivity index is 2.46. The first kappa shape index (κ1) is 8.30. The number of aromatic amines is 1. The van der Waals surface area contributed by atoms with E-state index < -0.39 is 6.17 Å². The third-order valence-electron chi connectivity index (χ3n) is 2.18. The highest BCUT2D eigenvalue weighted by molar-refractivity contribution is 5.83. The first-order valence-electron chi connectivity index (χ1n) is 4.46. The molecule has 1 aromatic heterocycles. The van der Waals surface area contributed by atoms with Crippen molar-refractivity contribution in [2.75, 3.05) is 0 Å². The Labute approximate surface area is 76.6 Å². The summed E-state index contributed by atoms with van der Waals surface area (Å²) in [6.07, 6.45) is 1.60. The fraction of sp³-hybridized carbons (Fsp3) is 0.273. The zero-order chi connectivity index (χ0) is 9.26. The predicted molar refractivity (Wildman–Crippen MR) is 52.6 cm³/mol. The molecule has 0 fully saturated rings. The number of H-pyrrole nitrogens is 1. The van der Waals surface area contributed by atoms with Crippen molar-refractivity contribution in [1.82, 2.24) is 4.98 Å². The van der Waals surface area contributed by atoms with Crippen molar-refractivity contribution in [2.24, 2.45) is 0 Å². The van der Waals surface area contributed by atoms with Crippen molar-refractivity contribution in [3.63, 3.8) is 0 Å². The molecule has 0 saturated carbocycles. The van der Waals surface area contributed by atoms with Crippen LogP contribution in [0.25, 0.3) is 10.9 Å². The molecule has 68 valence electrons. The molecular weight excluding hydrogens is 165 g/mol. The minimum absolute atomic E-state index is 0.490. The van der Waals surface area contributed by atoms with Crippen LogP contribution < -0.4 is 0 Å². The van der Waals surface area contributed by atoms with Crippen molar-refractivity contribution in [3.05, 3.63) is 36.0 Å². The van der Waals surface area contributed by atoms with Crippen LogP contribution in [0, 0.1) is 0 Å². The summed E-state index contributed by atoms with van der Waals surface area (Å²) in [7, 11) is 0. The van der Waals surface area contributed by atoms with E-state index in [9.17, 15) is 4.39 Å². The van der Waals surface area contributed by atoms with Crippen LogP contribution in [0.3, 0.4) is 0 Å². The van der Waals surface area contributed by atoms with Crippen molar-refractivity contribution in [1.29, 1.82) is 0 Å². The van der Waals surface area contributed by atoms with Gasteiger partial charge in [0.2, 0.25) is 0 Å². The zero-order valence-corrected chi connectivity index (χ0v) is 7.55. The third-order valence-corrected chi connectivity index (χ3v) is 2.18. The fourth-order valence-electron chi connectivity index (χ4n) is 1.60. The summed E-state index contributed by atoms with van der Waals surface area (Å²) in [6.45, 7) is 1.59. The van der Waals surface area contributed by atoms with Crippen LogP contribution in [0.1, 0.15) is 12.5 Å². The molecule has 0 aliphatic rings. The Morgan fingerprint density at radius 3 is 2.92 bits per heavy atom. The molecule has 0 aliphatic carbocycles. The number of hydrogen-bond acceptors (Lipinski definition) is 0. The highest BCUT2D eigenvalue weighted by atomic mass is 19.1. The zero-order valence-electron chi connectivity index (χ0n) is 7.55. The van der Waals surface area contributed by atoms with Crippen molar-refractivity contribution >= 4 is 10.9 Å². The Bertz CT molecular complexity index is 403. The number of hydrogen-bond donors (Lipinski definition) is 1. The molecule has 0 saturated heterocycles. The van der Waals surface area contributed by atoms with Gasteiger partial charge in [-0.1, -0.05) is 18.2 Å². The second-order valence-corrected chi connectivity index (χ2v) is 3.34. The number of aromatic nitrogens is 1. The molecule has 0 bridgehead atoms. The van der Waals surface area contributed by atoms with E-state index in [0.29, 0.717) is 6.42 Å². The molecular formula is C11H12FN. The summed E-state index contributed by atoms with van der Waals surface area (Å²) in [5.74, 6) is 0. The molecule has 1 nitrogen and oxygen atoms in total. The smallest absolute Gasteiger partial charge is 0.101 e. The summed E-state index contributed by atoms with van der Waals surface area (Å²) in [6, 6.07) is 7.97. The summed E-state index contributed by atoms with van der Waals surface area (Å²) in [5, 5.41) is 1.13. The second kappa shape index (κ2) is 3.21. The average Bonchev–Trinajstić information content (AvgIpc) is 2.48. The lowest BCUT2D eigenvalue weighted by Crippen LogP contribution is -1.96. The average molecular weight is 177 g/mol. The molecule has 0 spiro atoms. The molecule has 2 rings (SSSR count). The summed E-state index contributed by atoms with van der Waals surface area (Å²) in [4.78, 5) is 3.13. The Hall–Kier alpha value is -1.31. The second-order valence-electron chi connectivity index (χ2n) is 3.34.